The molecule has 1 atom stereocenters. The van der Waals surface area contributed by atoms with Gasteiger partial charge in [0.25, 0.3) is 0 Å². The fourth-order valence-corrected chi connectivity index (χ4v) is 7.34. The Morgan fingerprint density at radius 3 is 1.97 bits per heavy atom. The molecular formula is C21H23NO7P2. The van der Waals surface area contributed by atoms with Gasteiger partial charge in [-0.1, -0.05) is 36.4 Å². The van der Waals surface area contributed by atoms with E-state index >= 15 is 0 Å². The van der Waals surface area contributed by atoms with Gasteiger partial charge in [-0.2, -0.15) is 5.09 Å². The molecule has 0 spiro atoms. The van der Waals surface area contributed by atoms with Crippen molar-refractivity contribution in [2.45, 2.75) is 19.6 Å². The first-order valence-corrected chi connectivity index (χ1v) is 13.0. The van der Waals surface area contributed by atoms with Gasteiger partial charge < -0.3 is 22.5 Å². The standard InChI is InChI=1S/C21H23NO7P2/c1-3-26-30(23,27-4-2)21(16-13-14-25-15-16)22-31(24)28-19-11-7-5-9-17(19)18-10-6-8-12-20(18)29-31/h5-15,21H,3-4H2,1-2H3,(H,22,24). The molecule has 10 heteroatoms. The number of nitrogens with one attached hydrogen (secondary N) is 1. The smallest absolute Gasteiger partial charge is 0.472 e. The summed E-state index contributed by atoms with van der Waals surface area (Å²) in [5.41, 5.74) is 1.89. The van der Waals surface area contributed by atoms with Crippen molar-refractivity contribution in [2.24, 2.45) is 0 Å². The minimum absolute atomic E-state index is 0.130. The number of hydrogen-bond acceptors (Lipinski definition) is 7. The van der Waals surface area contributed by atoms with Gasteiger partial charge in [0.2, 0.25) is 0 Å². The van der Waals surface area contributed by atoms with Gasteiger partial charge in [-0.25, -0.2) is 4.57 Å². The molecular weight excluding hydrogens is 440 g/mol. The molecule has 0 bridgehead atoms. The van der Waals surface area contributed by atoms with Crippen LogP contribution in [0.2, 0.25) is 0 Å². The van der Waals surface area contributed by atoms with Gasteiger partial charge in [-0.05, 0) is 32.0 Å². The van der Waals surface area contributed by atoms with Crippen molar-refractivity contribution in [2.75, 3.05) is 13.2 Å². The van der Waals surface area contributed by atoms with Crippen molar-refractivity contribution in [1.82, 2.24) is 5.09 Å². The van der Waals surface area contributed by atoms with E-state index in [2.05, 4.69) is 5.09 Å². The summed E-state index contributed by atoms with van der Waals surface area (Å²) in [4.78, 5) is 0. The van der Waals surface area contributed by atoms with Crippen molar-refractivity contribution in [3.05, 3.63) is 72.7 Å². The van der Waals surface area contributed by atoms with Crippen LogP contribution in [0.15, 0.2) is 71.5 Å². The second-order valence-corrected chi connectivity index (χ2v) is 10.4. The fraction of sp³-hybridized carbons (Fsp3) is 0.238. The highest BCUT2D eigenvalue weighted by atomic mass is 31.2. The van der Waals surface area contributed by atoms with Crippen molar-refractivity contribution in [3.63, 3.8) is 0 Å². The minimum Gasteiger partial charge on any atom is -0.472 e. The maximum Gasteiger partial charge on any atom is 0.514 e. The third-order valence-electron chi connectivity index (χ3n) is 4.57. The van der Waals surface area contributed by atoms with Crippen molar-refractivity contribution < 1.29 is 31.6 Å². The Labute approximate surface area is 180 Å². The van der Waals surface area contributed by atoms with Gasteiger partial charge in [0.05, 0.1) is 25.7 Å². The summed E-state index contributed by atoms with van der Waals surface area (Å²) >= 11 is 0. The van der Waals surface area contributed by atoms with Crippen LogP contribution < -0.4 is 14.1 Å². The summed E-state index contributed by atoms with van der Waals surface area (Å²) in [7, 11) is -7.90. The van der Waals surface area contributed by atoms with Gasteiger partial charge >= 0.3 is 15.3 Å². The predicted octanol–water partition coefficient (Wildman–Crippen LogP) is 6.38. The van der Waals surface area contributed by atoms with E-state index in [-0.39, 0.29) is 13.2 Å². The second-order valence-electron chi connectivity index (χ2n) is 6.64. The second kappa shape index (κ2) is 9.03. The molecule has 2 heterocycles. The number of rotatable bonds is 8. The highest BCUT2D eigenvalue weighted by Gasteiger charge is 2.45. The summed E-state index contributed by atoms with van der Waals surface area (Å²) in [6, 6.07) is 16.0. The molecule has 0 saturated carbocycles. The highest BCUT2D eigenvalue weighted by molar-refractivity contribution is 7.57. The molecule has 3 aromatic rings. The highest BCUT2D eigenvalue weighted by Crippen LogP contribution is 2.64. The van der Waals surface area contributed by atoms with Crippen LogP contribution in [0.4, 0.5) is 0 Å². The van der Waals surface area contributed by atoms with E-state index in [1.807, 2.05) is 24.3 Å². The predicted molar refractivity (Wildman–Crippen MR) is 116 cm³/mol. The van der Waals surface area contributed by atoms with Gasteiger partial charge in [0.15, 0.2) is 0 Å². The minimum atomic E-state index is -4.09. The van der Waals surface area contributed by atoms with Crippen LogP contribution in [0.5, 0.6) is 11.5 Å². The molecule has 8 nitrogen and oxygen atoms in total. The van der Waals surface area contributed by atoms with Gasteiger partial charge in [0.1, 0.15) is 17.3 Å². The lowest BCUT2D eigenvalue weighted by atomic mass is 10.0. The average molecular weight is 463 g/mol. The fourth-order valence-electron chi connectivity index (χ4n) is 3.32. The summed E-state index contributed by atoms with van der Waals surface area (Å²) in [6.07, 6.45) is 2.80. The first-order chi connectivity index (χ1) is 15.0. The Bertz CT molecular complexity index is 1070. The zero-order valence-electron chi connectivity index (χ0n) is 17.1. The zero-order chi connectivity index (χ0) is 21.9. The molecule has 4 rings (SSSR count). The van der Waals surface area contributed by atoms with Crippen LogP contribution in [0.25, 0.3) is 11.1 Å². The lowest BCUT2D eigenvalue weighted by Gasteiger charge is -2.29. The largest absolute Gasteiger partial charge is 0.514 e. The van der Waals surface area contributed by atoms with Gasteiger partial charge in [-0.3, -0.25) is 4.57 Å². The normalized spacial score (nSPS) is 15.7. The number of benzene rings is 2. The van der Waals surface area contributed by atoms with E-state index in [1.54, 1.807) is 44.2 Å². The van der Waals surface area contributed by atoms with E-state index in [0.717, 1.165) is 11.1 Å². The van der Waals surface area contributed by atoms with Crippen molar-refractivity contribution in [3.8, 4) is 22.6 Å². The first-order valence-electron chi connectivity index (χ1n) is 9.84. The van der Waals surface area contributed by atoms with Crippen LogP contribution >= 0.6 is 15.3 Å². The van der Waals surface area contributed by atoms with Crippen LogP contribution in [0, 0.1) is 0 Å². The molecule has 0 radical (unpaired) electrons. The summed E-state index contributed by atoms with van der Waals surface area (Å²) in [5, 5.41) is 2.80. The number of furan rings is 1. The zero-order valence-corrected chi connectivity index (χ0v) is 18.9. The maximum atomic E-state index is 13.9. The molecule has 1 aliphatic heterocycles. The van der Waals surface area contributed by atoms with Crippen LogP contribution in [0.3, 0.4) is 0 Å². The average Bonchev–Trinajstić information content (AvgIpc) is 3.24. The van der Waals surface area contributed by atoms with E-state index in [1.165, 1.54) is 12.5 Å². The molecule has 0 amide bonds. The summed E-state index contributed by atoms with van der Waals surface area (Å²) in [5.74, 6) is -0.400. The quantitative estimate of drug-likeness (QED) is 0.385. The van der Waals surface area contributed by atoms with Crippen molar-refractivity contribution >= 4 is 15.3 Å². The first kappa shape index (κ1) is 21.9. The maximum absolute atomic E-state index is 13.9. The molecule has 1 unspecified atom stereocenters. The third kappa shape index (κ3) is 4.49. The molecule has 1 aliphatic rings. The summed E-state index contributed by atoms with van der Waals surface area (Å²) in [6.45, 7) is 3.66. The van der Waals surface area contributed by atoms with Gasteiger partial charge in [-0.15, -0.1) is 0 Å². The van der Waals surface area contributed by atoms with Crippen LogP contribution in [-0.4, -0.2) is 13.2 Å². The van der Waals surface area contributed by atoms with E-state index in [9.17, 15) is 9.13 Å². The monoisotopic (exact) mass is 463 g/mol. The number of para-hydroxylation sites is 2. The molecule has 1 N–H and O–H groups in total. The topological polar surface area (TPSA) is 96.2 Å². The molecule has 0 fully saturated rings. The van der Waals surface area contributed by atoms with Crippen LogP contribution in [0.1, 0.15) is 25.2 Å². The number of fused-ring (bicyclic) bond motifs is 3. The molecule has 0 saturated heterocycles. The molecule has 164 valence electrons. The van der Waals surface area contributed by atoms with Gasteiger partial charge in [0, 0.05) is 16.7 Å². The Kier molecular flexibility index (Phi) is 6.37. The lowest BCUT2D eigenvalue weighted by Crippen LogP contribution is -2.25. The van der Waals surface area contributed by atoms with E-state index < -0.39 is 21.1 Å². The Morgan fingerprint density at radius 2 is 1.48 bits per heavy atom. The molecule has 2 aromatic carbocycles. The third-order valence-corrected chi connectivity index (χ3v) is 8.52. The van der Waals surface area contributed by atoms with E-state index in [4.69, 9.17) is 22.5 Å². The molecule has 31 heavy (non-hydrogen) atoms. The Morgan fingerprint density at radius 1 is 0.935 bits per heavy atom. The SMILES string of the molecule is CCOP(=O)(OCC)C(NP1(=O)Oc2ccccc2-c2ccccc2O1)c1ccoc1. The number of hydrogen-bond donors (Lipinski definition) is 1. The Balaban J connectivity index is 1.79. The lowest BCUT2D eigenvalue weighted by molar-refractivity contribution is 0.208. The molecule has 0 aliphatic carbocycles. The van der Waals surface area contributed by atoms with Crippen molar-refractivity contribution in [1.29, 1.82) is 0 Å². The molecule has 1 aromatic heterocycles. The van der Waals surface area contributed by atoms with E-state index in [0.29, 0.717) is 17.1 Å². The van der Waals surface area contributed by atoms with Crippen LogP contribution in [-0.2, 0) is 18.2 Å². The Hall–Kier alpha value is -2.34. The summed E-state index contributed by atoms with van der Waals surface area (Å²) < 4.78 is 55.5.